The maximum absolute atomic E-state index is 12.1. The molecule has 0 aromatic carbocycles. The Labute approximate surface area is 260 Å². The van der Waals surface area contributed by atoms with E-state index in [0.29, 0.717) is 12.8 Å². The predicted octanol–water partition coefficient (Wildman–Crippen LogP) is 10.7. The molecule has 0 bridgehead atoms. The summed E-state index contributed by atoms with van der Waals surface area (Å²) in [5.41, 5.74) is 0. The van der Waals surface area contributed by atoms with E-state index in [4.69, 9.17) is 9.47 Å². The van der Waals surface area contributed by atoms with E-state index in [1.54, 1.807) is 0 Å². The van der Waals surface area contributed by atoms with Crippen molar-refractivity contribution in [3.8, 4) is 0 Å². The van der Waals surface area contributed by atoms with Gasteiger partial charge in [0.1, 0.15) is 6.61 Å². The van der Waals surface area contributed by atoms with Crippen molar-refractivity contribution in [2.45, 2.75) is 187 Å². The fraction of sp³-hybridized carbons (Fsp3) is 0.838. The molecule has 0 saturated heterocycles. The lowest BCUT2D eigenvalue weighted by Gasteiger charge is -2.15. The van der Waals surface area contributed by atoms with Crippen molar-refractivity contribution in [2.24, 2.45) is 0 Å². The molecule has 0 saturated carbocycles. The molecule has 5 nitrogen and oxygen atoms in total. The molecule has 0 rings (SSSR count). The number of rotatable bonds is 32. The molecule has 0 heterocycles. The standard InChI is InChI=1S/C37H68O5/c1-3-5-7-9-11-13-15-17-19-21-23-25-27-29-31-36(39)41-34-35(33-38)42-37(40)32-30-28-26-24-22-20-18-16-14-12-10-8-6-4-2/h10,12,16,18,35,38H,3-9,11,13-15,17,19-34H2,1-2H3/b12-10+,18-16+/t35-/m0/s1. The Kier molecular flexibility index (Phi) is 32.6. The first-order chi connectivity index (χ1) is 20.6. The number of allylic oxidation sites excluding steroid dienone is 4. The largest absolute Gasteiger partial charge is 0.462 e. The van der Waals surface area contributed by atoms with E-state index in [2.05, 4.69) is 38.2 Å². The molecule has 0 aromatic rings. The summed E-state index contributed by atoms with van der Waals surface area (Å²) >= 11 is 0. The molecule has 0 aliphatic carbocycles. The van der Waals surface area contributed by atoms with Crippen molar-refractivity contribution in [3.05, 3.63) is 24.3 Å². The van der Waals surface area contributed by atoms with Crippen molar-refractivity contribution in [1.82, 2.24) is 0 Å². The van der Waals surface area contributed by atoms with Crippen molar-refractivity contribution in [2.75, 3.05) is 13.2 Å². The number of aliphatic hydroxyl groups is 1. The van der Waals surface area contributed by atoms with Crippen LogP contribution in [0.2, 0.25) is 0 Å². The number of hydrogen-bond donors (Lipinski definition) is 1. The van der Waals surface area contributed by atoms with Crippen LogP contribution in [0.1, 0.15) is 181 Å². The molecule has 1 atom stereocenters. The van der Waals surface area contributed by atoms with Gasteiger partial charge in [-0.3, -0.25) is 9.59 Å². The zero-order valence-corrected chi connectivity index (χ0v) is 27.8. The van der Waals surface area contributed by atoms with Crippen LogP contribution in [0, 0.1) is 0 Å². The quantitative estimate of drug-likeness (QED) is 0.0478. The molecule has 0 aliphatic rings. The third-order valence-corrected chi connectivity index (χ3v) is 7.75. The van der Waals surface area contributed by atoms with Gasteiger partial charge < -0.3 is 14.6 Å². The number of carbonyl (C=O) groups is 2. The second-order valence-electron chi connectivity index (χ2n) is 12.0. The average Bonchev–Trinajstić information content (AvgIpc) is 2.99. The average molecular weight is 593 g/mol. The van der Waals surface area contributed by atoms with Crippen molar-refractivity contribution >= 4 is 11.9 Å². The van der Waals surface area contributed by atoms with Crippen LogP contribution >= 0.6 is 0 Å². The van der Waals surface area contributed by atoms with E-state index < -0.39 is 6.10 Å². The molecule has 0 aromatic heterocycles. The zero-order valence-electron chi connectivity index (χ0n) is 27.8. The Morgan fingerprint density at radius 3 is 1.48 bits per heavy atom. The van der Waals surface area contributed by atoms with Crippen LogP contribution in [-0.4, -0.2) is 36.4 Å². The summed E-state index contributed by atoms with van der Waals surface area (Å²) in [7, 11) is 0. The van der Waals surface area contributed by atoms with Gasteiger partial charge in [-0.25, -0.2) is 0 Å². The summed E-state index contributed by atoms with van der Waals surface area (Å²) in [5, 5.41) is 9.51. The van der Waals surface area contributed by atoms with Gasteiger partial charge >= 0.3 is 11.9 Å². The SMILES string of the molecule is CCCC/C=C/C/C=C/CCCCCCCC(=O)O[C@@H](CO)COC(=O)CCCCCCCCCCCCCCCC. The minimum absolute atomic E-state index is 0.0677. The lowest BCUT2D eigenvalue weighted by molar-refractivity contribution is -0.161. The number of aliphatic hydroxyl groups excluding tert-OH is 1. The van der Waals surface area contributed by atoms with Gasteiger partial charge in [0.15, 0.2) is 6.10 Å². The summed E-state index contributed by atoms with van der Waals surface area (Å²) in [6.45, 7) is 4.08. The second-order valence-corrected chi connectivity index (χ2v) is 12.0. The Morgan fingerprint density at radius 2 is 0.976 bits per heavy atom. The molecular weight excluding hydrogens is 524 g/mol. The van der Waals surface area contributed by atoms with E-state index in [9.17, 15) is 14.7 Å². The Bertz CT molecular complexity index is 642. The lowest BCUT2D eigenvalue weighted by Crippen LogP contribution is -2.28. The van der Waals surface area contributed by atoms with Gasteiger partial charge in [-0.15, -0.1) is 0 Å². The van der Waals surface area contributed by atoms with Crippen LogP contribution in [0.15, 0.2) is 24.3 Å². The topological polar surface area (TPSA) is 72.8 Å². The monoisotopic (exact) mass is 593 g/mol. The van der Waals surface area contributed by atoms with Gasteiger partial charge in [0.25, 0.3) is 0 Å². The summed E-state index contributed by atoms with van der Waals surface area (Å²) in [5.74, 6) is -0.603. The molecule has 0 aliphatic heterocycles. The maximum Gasteiger partial charge on any atom is 0.306 e. The van der Waals surface area contributed by atoms with Gasteiger partial charge in [0, 0.05) is 12.8 Å². The zero-order chi connectivity index (χ0) is 30.8. The summed E-state index contributed by atoms with van der Waals surface area (Å²) < 4.78 is 10.6. The molecule has 0 spiro atoms. The molecule has 0 amide bonds. The second kappa shape index (κ2) is 33.9. The third kappa shape index (κ3) is 31.3. The normalized spacial score (nSPS) is 12.4. The first-order valence-corrected chi connectivity index (χ1v) is 17.9. The Balaban J connectivity index is 3.58. The van der Waals surface area contributed by atoms with Crippen LogP contribution in [-0.2, 0) is 19.1 Å². The van der Waals surface area contributed by atoms with E-state index in [-0.39, 0.29) is 25.2 Å². The first kappa shape index (κ1) is 40.4. The van der Waals surface area contributed by atoms with Gasteiger partial charge in [-0.05, 0) is 38.5 Å². The fourth-order valence-electron chi connectivity index (χ4n) is 4.98. The summed E-state index contributed by atoms with van der Waals surface area (Å²) in [6.07, 6.45) is 38.0. The van der Waals surface area contributed by atoms with Gasteiger partial charge in [0.05, 0.1) is 6.61 Å². The molecule has 0 unspecified atom stereocenters. The third-order valence-electron chi connectivity index (χ3n) is 7.75. The van der Waals surface area contributed by atoms with Crippen molar-refractivity contribution in [3.63, 3.8) is 0 Å². The van der Waals surface area contributed by atoms with Crippen molar-refractivity contribution in [1.29, 1.82) is 0 Å². The molecule has 5 heteroatoms. The number of unbranched alkanes of at least 4 members (excludes halogenated alkanes) is 20. The maximum atomic E-state index is 12.1. The minimum atomic E-state index is -0.772. The molecule has 1 N–H and O–H groups in total. The highest BCUT2D eigenvalue weighted by atomic mass is 16.6. The highest BCUT2D eigenvalue weighted by molar-refractivity contribution is 5.70. The van der Waals surface area contributed by atoms with E-state index in [1.165, 1.54) is 103 Å². The smallest absolute Gasteiger partial charge is 0.306 e. The molecule has 0 fully saturated rings. The Morgan fingerprint density at radius 1 is 0.548 bits per heavy atom. The predicted molar refractivity (Wildman–Crippen MR) is 178 cm³/mol. The Hall–Kier alpha value is -1.62. The van der Waals surface area contributed by atoms with Crippen LogP contribution in [0.3, 0.4) is 0 Å². The van der Waals surface area contributed by atoms with Crippen molar-refractivity contribution < 1.29 is 24.2 Å². The molecule has 246 valence electrons. The molecule has 42 heavy (non-hydrogen) atoms. The number of ether oxygens (including phenoxy) is 2. The van der Waals surface area contributed by atoms with E-state index in [1.807, 2.05) is 0 Å². The van der Waals surface area contributed by atoms with Gasteiger partial charge in [0.2, 0.25) is 0 Å². The highest BCUT2D eigenvalue weighted by Gasteiger charge is 2.16. The van der Waals surface area contributed by atoms with E-state index >= 15 is 0 Å². The van der Waals surface area contributed by atoms with Crippen LogP contribution in [0.25, 0.3) is 0 Å². The van der Waals surface area contributed by atoms with Crippen LogP contribution in [0.4, 0.5) is 0 Å². The fourth-order valence-corrected chi connectivity index (χ4v) is 4.98. The number of carbonyl (C=O) groups excluding carboxylic acids is 2. The van der Waals surface area contributed by atoms with Gasteiger partial charge in [-0.1, -0.05) is 154 Å². The minimum Gasteiger partial charge on any atom is -0.462 e. The first-order valence-electron chi connectivity index (χ1n) is 17.9. The summed E-state index contributed by atoms with van der Waals surface area (Å²) in [4.78, 5) is 24.1. The molecular formula is C37H68O5. The lowest BCUT2D eigenvalue weighted by atomic mass is 10.0. The highest BCUT2D eigenvalue weighted by Crippen LogP contribution is 2.14. The molecule has 0 radical (unpaired) electrons. The number of esters is 2. The van der Waals surface area contributed by atoms with Gasteiger partial charge in [-0.2, -0.15) is 0 Å². The van der Waals surface area contributed by atoms with E-state index in [0.717, 1.165) is 51.4 Å². The van der Waals surface area contributed by atoms with Crippen LogP contribution in [0.5, 0.6) is 0 Å². The van der Waals surface area contributed by atoms with Crippen LogP contribution < -0.4 is 0 Å². The summed E-state index contributed by atoms with van der Waals surface area (Å²) in [6, 6.07) is 0. The number of hydrogen-bond acceptors (Lipinski definition) is 5.